The Labute approximate surface area is 394 Å². The Bertz CT molecular complexity index is 2590. The summed E-state index contributed by atoms with van der Waals surface area (Å²) in [6.07, 6.45) is 1.44. The van der Waals surface area contributed by atoms with Gasteiger partial charge < -0.3 is 28.6 Å². The quantitative estimate of drug-likeness (QED) is 0.176. The van der Waals surface area contributed by atoms with Crippen LogP contribution in [0, 0.1) is 21.7 Å². The number of hydrogen-bond acceptors (Lipinski definition) is 8. The van der Waals surface area contributed by atoms with Crippen LogP contribution in [0.15, 0.2) is 92.7 Å². The number of amides is 2. The van der Waals surface area contributed by atoms with Gasteiger partial charge in [-0.15, -0.1) is 0 Å². The van der Waals surface area contributed by atoms with E-state index in [1.165, 1.54) is 16.5 Å². The molecule has 2 aromatic heterocycles. The molecule has 0 saturated carbocycles. The number of para-hydroxylation sites is 3. The number of likely N-dealkylation sites (N-methyl/N-ethyl adjacent to an activating group) is 2. The highest BCUT2D eigenvalue weighted by Crippen LogP contribution is 2.78. The number of piperazine rings is 1. The number of fused-ring (bicyclic) bond motifs is 5. The molecule has 2 unspecified atom stereocenters. The highest BCUT2D eigenvalue weighted by atomic mass is 16.6. The van der Waals surface area contributed by atoms with Gasteiger partial charge in [-0.2, -0.15) is 0 Å². The summed E-state index contributed by atoms with van der Waals surface area (Å²) < 4.78 is 11.8. The van der Waals surface area contributed by atoms with Crippen molar-refractivity contribution in [2.24, 2.45) is 28.7 Å². The lowest BCUT2D eigenvalue weighted by molar-refractivity contribution is -0.191. The number of benzene rings is 3. The van der Waals surface area contributed by atoms with Crippen molar-refractivity contribution in [2.45, 2.75) is 159 Å². The van der Waals surface area contributed by atoms with Crippen molar-refractivity contribution in [3.8, 4) is 0 Å². The first-order valence-electron chi connectivity index (χ1n) is 24.2. The molecule has 358 valence electrons. The first-order chi connectivity index (χ1) is 30.8. The Morgan fingerprint density at radius 2 is 0.955 bits per heavy atom. The van der Waals surface area contributed by atoms with Crippen LogP contribution in [0.2, 0.25) is 0 Å². The Hall–Kier alpha value is -5.32. The molecule has 5 aliphatic rings. The second-order valence-electron chi connectivity index (χ2n) is 21.1. The maximum atomic E-state index is 15.0. The number of nitrogens with zero attached hydrogens (tertiary/aromatic N) is 6. The number of rotatable bonds is 3. The van der Waals surface area contributed by atoms with Gasteiger partial charge in [-0.1, -0.05) is 179 Å². The fourth-order valence-electron chi connectivity index (χ4n) is 12.4. The van der Waals surface area contributed by atoms with Crippen molar-refractivity contribution < 1.29 is 18.5 Å². The Morgan fingerprint density at radius 3 is 1.36 bits per heavy atom. The fourth-order valence-corrected chi connectivity index (χ4v) is 12.4. The Balaban J connectivity index is 0.000000219. The van der Waals surface area contributed by atoms with Gasteiger partial charge in [-0.3, -0.25) is 14.1 Å². The molecule has 11 heteroatoms. The smallest absolute Gasteiger partial charge is 0.374 e. The molecule has 5 aromatic rings. The van der Waals surface area contributed by atoms with E-state index in [1.54, 1.807) is 0 Å². The highest BCUT2D eigenvalue weighted by Gasteiger charge is 2.88. The molecule has 0 radical (unpaired) electrons. The molecule has 2 amide bonds. The monoisotopic (exact) mass is 903 g/mol. The van der Waals surface area contributed by atoms with E-state index < -0.39 is 44.0 Å². The fraction of sp³-hybridized carbons (Fsp3) is 0.564. The molecule has 0 bridgehead atoms. The van der Waals surface area contributed by atoms with Gasteiger partial charge in [0.2, 0.25) is 17.7 Å². The van der Waals surface area contributed by atoms with Crippen molar-refractivity contribution in [1.29, 1.82) is 0 Å². The standard InChI is InChI=1S/C32H40N4O2.C17H20N2O3.3C2H6/c1-27(2)25(37)35-24-32(20-16-12-14-18-22(20)34(24)10)30(7,8)28(3,4)26(38)36(32)23-31(35,29(27,5)6)19-15-11-13-17-21(19)33(23)9;1-16(2,17(3,4)14-18-22-15(20)21-14)12-10-19(5)13-9-7-6-8-11(12)13;3*1-2/h11-18,23-24H,1-10H3;6-10H,1-5H3;3*1-2H3/t23?,24?,31-,32-;;;;/m1..../s1. The molecule has 3 saturated heterocycles. The van der Waals surface area contributed by atoms with E-state index >= 15 is 0 Å². The van der Waals surface area contributed by atoms with Gasteiger partial charge in [0.1, 0.15) is 23.4 Å². The minimum Gasteiger partial charge on any atom is -0.374 e. The number of carbonyl (C=O) groups is 2. The number of aryl methyl sites for hydroxylation is 1. The van der Waals surface area contributed by atoms with Gasteiger partial charge in [0.05, 0.1) is 16.2 Å². The normalized spacial score (nSPS) is 25.3. The van der Waals surface area contributed by atoms with Crippen molar-refractivity contribution in [2.75, 3.05) is 23.9 Å². The molecule has 3 fully saturated rings. The van der Waals surface area contributed by atoms with Crippen molar-refractivity contribution in [3.63, 3.8) is 0 Å². The number of carbonyl (C=O) groups excluding carboxylic acids is 2. The molecule has 0 aliphatic carbocycles. The first kappa shape index (κ1) is 50.1. The average molecular weight is 903 g/mol. The lowest BCUT2D eigenvalue weighted by Gasteiger charge is -2.66. The minimum atomic E-state index is -0.767. The van der Waals surface area contributed by atoms with Crippen LogP contribution in [0.4, 0.5) is 11.4 Å². The van der Waals surface area contributed by atoms with Crippen LogP contribution in [0.3, 0.4) is 0 Å². The van der Waals surface area contributed by atoms with Crippen LogP contribution in [-0.2, 0) is 38.5 Å². The summed E-state index contributed by atoms with van der Waals surface area (Å²) in [5.41, 5.74) is 2.28. The van der Waals surface area contributed by atoms with E-state index in [0.717, 1.165) is 22.5 Å². The van der Waals surface area contributed by atoms with Crippen LogP contribution >= 0.6 is 0 Å². The third-order valence-electron chi connectivity index (χ3n) is 17.7. The zero-order chi connectivity index (χ0) is 49.7. The zero-order valence-electron chi connectivity index (χ0n) is 43.9. The molecule has 2 spiro atoms. The van der Waals surface area contributed by atoms with Crippen molar-refractivity contribution >= 4 is 34.1 Å². The van der Waals surface area contributed by atoms with Crippen LogP contribution in [0.25, 0.3) is 10.9 Å². The second-order valence-corrected chi connectivity index (χ2v) is 21.1. The predicted octanol–water partition coefficient (Wildman–Crippen LogP) is 11.6. The van der Waals surface area contributed by atoms with E-state index in [9.17, 15) is 14.4 Å². The summed E-state index contributed by atoms with van der Waals surface area (Å²) >= 11 is 0. The number of anilines is 2. The molecule has 4 atom stereocenters. The summed E-state index contributed by atoms with van der Waals surface area (Å²) in [6.45, 7) is 37.7. The summed E-state index contributed by atoms with van der Waals surface area (Å²) in [6, 6.07) is 25.3. The van der Waals surface area contributed by atoms with Crippen LogP contribution in [0.5, 0.6) is 0 Å². The summed E-state index contributed by atoms with van der Waals surface area (Å²) in [4.78, 5) is 50.3. The molecule has 66 heavy (non-hydrogen) atoms. The minimum absolute atomic E-state index is 0.161. The van der Waals surface area contributed by atoms with Gasteiger partial charge >= 0.3 is 5.82 Å². The number of aromatic nitrogens is 2. The summed E-state index contributed by atoms with van der Waals surface area (Å²) in [5, 5.41) is 4.99. The third-order valence-corrected chi connectivity index (χ3v) is 17.7. The molecule has 3 aromatic carbocycles. The first-order valence-corrected chi connectivity index (χ1v) is 24.2. The van der Waals surface area contributed by atoms with Crippen LogP contribution in [-0.4, -0.2) is 57.8 Å². The van der Waals surface area contributed by atoms with Crippen LogP contribution in [0.1, 0.15) is 147 Å². The maximum absolute atomic E-state index is 15.0. The summed E-state index contributed by atoms with van der Waals surface area (Å²) in [5.74, 6) is -0.129. The zero-order valence-corrected chi connectivity index (χ0v) is 43.9. The van der Waals surface area contributed by atoms with E-state index in [-0.39, 0.29) is 29.6 Å². The van der Waals surface area contributed by atoms with Gasteiger partial charge in [0.15, 0.2) is 0 Å². The van der Waals surface area contributed by atoms with Crippen LogP contribution < -0.4 is 15.6 Å². The maximum Gasteiger partial charge on any atom is 0.542 e. The molecular weight excluding hydrogens is 825 g/mol. The van der Waals surface area contributed by atoms with Gasteiger partial charge in [-0.05, 0) is 28.9 Å². The van der Waals surface area contributed by atoms with E-state index in [0.29, 0.717) is 5.89 Å². The molecule has 0 N–H and O–H groups in total. The average Bonchev–Trinajstić information content (AvgIpc) is 4.08. The van der Waals surface area contributed by atoms with E-state index in [4.69, 9.17) is 4.42 Å². The largest absolute Gasteiger partial charge is 0.542 e. The van der Waals surface area contributed by atoms with E-state index in [2.05, 4.69) is 184 Å². The lowest BCUT2D eigenvalue weighted by Crippen LogP contribution is -2.81. The summed E-state index contributed by atoms with van der Waals surface area (Å²) in [7, 11) is 6.27. The third kappa shape index (κ3) is 5.66. The highest BCUT2D eigenvalue weighted by molar-refractivity contribution is 5.96. The molecule has 7 heterocycles. The predicted molar refractivity (Wildman–Crippen MR) is 267 cm³/mol. The molecule has 11 nitrogen and oxygen atoms in total. The topological polar surface area (TPSA) is 108 Å². The van der Waals surface area contributed by atoms with E-state index in [1.807, 2.05) is 74.6 Å². The molecular formula is C55H78N6O5. The second kappa shape index (κ2) is 16.2. The number of hydrogen-bond donors (Lipinski definition) is 0. The van der Waals surface area contributed by atoms with Crippen molar-refractivity contribution in [1.82, 2.24) is 19.5 Å². The molecule has 5 aliphatic heterocycles. The lowest BCUT2D eigenvalue weighted by atomic mass is 9.55. The molecule has 10 rings (SSSR count). The Kier molecular flexibility index (Phi) is 12.3. The van der Waals surface area contributed by atoms with Gasteiger partial charge in [0.25, 0.3) is 0 Å². The van der Waals surface area contributed by atoms with Gasteiger partial charge in [0, 0.05) is 77.0 Å². The SMILES string of the molecule is CC.CC.CC.CN1c2ccccc2[C@]23C1N1C(=O)C(C)(C)C(C)(C)[C@]14c1ccccc1N(C)C4N2C(=O)C(C)(C)C3(C)C.Cn1cc(C(C)(C)C(C)(C)c2noc(=O)o2)c2ccccc21. The Morgan fingerprint density at radius 1 is 0.561 bits per heavy atom. The van der Waals surface area contributed by atoms with Crippen molar-refractivity contribution in [3.05, 3.63) is 112 Å². The van der Waals surface area contributed by atoms with Gasteiger partial charge in [-0.25, -0.2) is 4.79 Å².